The monoisotopic (exact) mass is 342 g/mol. The van der Waals surface area contributed by atoms with Crippen molar-refractivity contribution in [3.8, 4) is 5.88 Å². The Bertz CT molecular complexity index is 732. The number of rotatable bonds is 9. The zero-order valence-electron chi connectivity index (χ0n) is 14.3. The number of nitrogens with two attached hydrogens (primary N) is 1. The lowest BCUT2D eigenvalue weighted by Gasteiger charge is -2.10. The number of benzene rings is 1. The summed E-state index contributed by atoms with van der Waals surface area (Å²) in [4.78, 5) is 12.6. The zero-order valence-corrected chi connectivity index (χ0v) is 14.3. The van der Waals surface area contributed by atoms with Crippen LogP contribution in [0.25, 0.3) is 0 Å². The molecule has 1 aliphatic heterocycles. The molecule has 2 heterocycles. The minimum Gasteiger partial charge on any atom is -0.471 e. The van der Waals surface area contributed by atoms with E-state index in [0.717, 1.165) is 16.8 Å². The predicted molar refractivity (Wildman–Crippen MR) is 95.2 cm³/mol. The van der Waals surface area contributed by atoms with Crippen LogP contribution in [0.4, 0.5) is 11.6 Å². The summed E-state index contributed by atoms with van der Waals surface area (Å²) >= 11 is 0. The maximum absolute atomic E-state index is 5.79. The van der Waals surface area contributed by atoms with E-state index in [0.29, 0.717) is 51.0 Å². The van der Waals surface area contributed by atoms with Crippen LogP contribution < -0.4 is 10.5 Å². The molecular weight excluding hydrogens is 320 g/mol. The topological polar surface area (TPSA) is 91.8 Å². The molecule has 3 rings (SSSR count). The number of anilines is 1. The van der Waals surface area contributed by atoms with Crippen molar-refractivity contribution in [1.29, 1.82) is 0 Å². The number of nitrogen functional groups attached to an aromatic ring is 1. The molecular formula is C18H22N4O3. The van der Waals surface area contributed by atoms with Gasteiger partial charge in [-0.15, -0.1) is 0 Å². The first-order chi connectivity index (χ1) is 12.3. The number of aromatic nitrogens is 2. The van der Waals surface area contributed by atoms with E-state index >= 15 is 0 Å². The van der Waals surface area contributed by atoms with Gasteiger partial charge in [-0.3, -0.25) is 4.99 Å². The lowest BCUT2D eigenvalue weighted by atomic mass is 10.1. The Morgan fingerprint density at radius 1 is 1.00 bits per heavy atom. The molecule has 7 heteroatoms. The number of fused-ring (bicyclic) bond motifs is 1. The smallest absolute Gasteiger partial charge is 0.245 e. The summed E-state index contributed by atoms with van der Waals surface area (Å²) in [6, 6.07) is 8.07. The molecule has 0 saturated heterocycles. The molecule has 1 aromatic carbocycles. The van der Waals surface area contributed by atoms with Crippen LogP contribution in [-0.2, 0) is 29.1 Å². The fourth-order valence-corrected chi connectivity index (χ4v) is 2.43. The van der Waals surface area contributed by atoms with E-state index in [4.69, 9.17) is 19.9 Å². The van der Waals surface area contributed by atoms with E-state index in [1.165, 1.54) is 0 Å². The van der Waals surface area contributed by atoms with Gasteiger partial charge in [0.2, 0.25) is 11.8 Å². The van der Waals surface area contributed by atoms with Crippen LogP contribution in [0.5, 0.6) is 5.88 Å². The molecule has 2 aromatic rings. The molecule has 25 heavy (non-hydrogen) atoms. The van der Waals surface area contributed by atoms with E-state index in [1.54, 1.807) is 6.21 Å². The fourth-order valence-electron chi connectivity index (χ4n) is 2.43. The summed E-state index contributed by atoms with van der Waals surface area (Å²) in [5, 5.41) is 0. The van der Waals surface area contributed by atoms with Crippen LogP contribution in [-0.4, -0.2) is 36.0 Å². The van der Waals surface area contributed by atoms with Gasteiger partial charge in [0.05, 0.1) is 25.5 Å². The molecule has 0 aliphatic carbocycles. The third-order valence-corrected chi connectivity index (χ3v) is 3.69. The molecule has 0 amide bonds. The summed E-state index contributed by atoms with van der Waals surface area (Å²) in [5.41, 5.74) is 9.34. The van der Waals surface area contributed by atoms with Crippen molar-refractivity contribution in [3.63, 3.8) is 0 Å². The SMILES string of the molecule is CCOCCOCc1ccc(COc2nc(N)nc3c2N=CC3)cc1. The summed E-state index contributed by atoms with van der Waals surface area (Å²) in [6.07, 6.45) is 2.45. The quantitative estimate of drug-likeness (QED) is 0.704. The second-order valence-electron chi connectivity index (χ2n) is 5.55. The van der Waals surface area contributed by atoms with Gasteiger partial charge in [-0.05, 0) is 18.1 Å². The molecule has 0 unspecified atom stereocenters. The first kappa shape index (κ1) is 17.3. The molecule has 7 nitrogen and oxygen atoms in total. The van der Waals surface area contributed by atoms with Gasteiger partial charge >= 0.3 is 0 Å². The normalized spacial score (nSPS) is 12.4. The van der Waals surface area contributed by atoms with Crippen LogP contribution in [0.1, 0.15) is 23.7 Å². The van der Waals surface area contributed by atoms with Gasteiger partial charge in [-0.2, -0.15) is 4.98 Å². The third-order valence-electron chi connectivity index (χ3n) is 3.69. The maximum atomic E-state index is 5.79. The Morgan fingerprint density at radius 2 is 1.72 bits per heavy atom. The van der Waals surface area contributed by atoms with Gasteiger partial charge in [0, 0.05) is 19.2 Å². The first-order valence-corrected chi connectivity index (χ1v) is 8.31. The van der Waals surface area contributed by atoms with Crippen LogP contribution in [0.3, 0.4) is 0 Å². The molecule has 0 atom stereocenters. The molecule has 0 spiro atoms. The first-order valence-electron chi connectivity index (χ1n) is 8.31. The molecule has 2 N–H and O–H groups in total. The molecule has 132 valence electrons. The Kier molecular flexibility index (Phi) is 5.92. The second-order valence-corrected chi connectivity index (χ2v) is 5.55. The van der Waals surface area contributed by atoms with Crippen LogP contribution in [0.15, 0.2) is 29.3 Å². The van der Waals surface area contributed by atoms with Gasteiger partial charge in [0.1, 0.15) is 12.3 Å². The summed E-state index contributed by atoms with van der Waals surface area (Å²) in [5.74, 6) is 0.637. The van der Waals surface area contributed by atoms with Gasteiger partial charge in [-0.1, -0.05) is 24.3 Å². The highest BCUT2D eigenvalue weighted by atomic mass is 16.5. The number of hydrogen-bond donors (Lipinski definition) is 1. The average molecular weight is 342 g/mol. The van der Waals surface area contributed by atoms with Crippen molar-refractivity contribution in [1.82, 2.24) is 9.97 Å². The van der Waals surface area contributed by atoms with E-state index in [-0.39, 0.29) is 5.95 Å². The van der Waals surface area contributed by atoms with Gasteiger partial charge in [0.25, 0.3) is 0 Å². The van der Waals surface area contributed by atoms with Crippen molar-refractivity contribution >= 4 is 17.9 Å². The van der Waals surface area contributed by atoms with Crippen molar-refractivity contribution in [2.45, 2.75) is 26.6 Å². The van der Waals surface area contributed by atoms with Crippen LogP contribution in [0, 0.1) is 0 Å². The van der Waals surface area contributed by atoms with Crippen molar-refractivity contribution < 1.29 is 14.2 Å². The molecule has 1 aromatic heterocycles. The lowest BCUT2D eigenvalue weighted by molar-refractivity contribution is 0.0453. The summed E-state index contributed by atoms with van der Waals surface area (Å²) in [7, 11) is 0. The van der Waals surface area contributed by atoms with Crippen molar-refractivity contribution in [2.24, 2.45) is 4.99 Å². The van der Waals surface area contributed by atoms with E-state index in [2.05, 4.69) is 15.0 Å². The van der Waals surface area contributed by atoms with E-state index in [9.17, 15) is 0 Å². The van der Waals surface area contributed by atoms with Crippen molar-refractivity contribution in [3.05, 3.63) is 41.1 Å². The molecule has 0 fully saturated rings. The number of hydrogen-bond acceptors (Lipinski definition) is 7. The molecule has 1 aliphatic rings. The Morgan fingerprint density at radius 3 is 2.48 bits per heavy atom. The zero-order chi connectivity index (χ0) is 17.5. The summed E-state index contributed by atoms with van der Waals surface area (Å²) < 4.78 is 16.6. The predicted octanol–water partition coefficient (Wildman–Crippen LogP) is 2.45. The maximum Gasteiger partial charge on any atom is 0.245 e. The average Bonchev–Trinajstić information content (AvgIpc) is 3.09. The fraction of sp³-hybridized carbons (Fsp3) is 0.389. The van der Waals surface area contributed by atoms with Gasteiger partial charge in [0.15, 0.2) is 0 Å². The number of nitrogens with zero attached hydrogens (tertiary/aromatic N) is 3. The van der Waals surface area contributed by atoms with Crippen molar-refractivity contribution in [2.75, 3.05) is 25.6 Å². The Balaban J connectivity index is 1.52. The van der Waals surface area contributed by atoms with E-state index < -0.39 is 0 Å². The minimum absolute atomic E-state index is 0.207. The van der Waals surface area contributed by atoms with Crippen LogP contribution >= 0.6 is 0 Å². The highest BCUT2D eigenvalue weighted by Gasteiger charge is 2.17. The Hall–Kier alpha value is -2.51. The van der Waals surface area contributed by atoms with Crippen LogP contribution in [0.2, 0.25) is 0 Å². The van der Waals surface area contributed by atoms with Gasteiger partial charge < -0.3 is 19.9 Å². The standard InChI is InChI=1S/C18H22N4O3/c1-2-23-9-10-24-11-13-3-5-14(6-4-13)12-25-17-16-15(7-8-20-16)21-18(19)22-17/h3-6,8H,2,7,9-12H2,1H3,(H2,19,21,22). The highest BCUT2D eigenvalue weighted by Crippen LogP contribution is 2.32. The molecule has 0 radical (unpaired) electrons. The molecule has 0 bridgehead atoms. The molecule has 0 saturated carbocycles. The van der Waals surface area contributed by atoms with E-state index in [1.807, 2.05) is 31.2 Å². The number of aliphatic imine (C=N–C) groups is 1. The minimum atomic E-state index is 0.207. The third kappa shape index (κ3) is 4.74. The summed E-state index contributed by atoms with van der Waals surface area (Å²) in [6.45, 7) is 4.86. The van der Waals surface area contributed by atoms with Gasteiger partial charge in [-0.25, -0.2) is 4.98 Å². The Labute approximate surface area is 146 Å². The lowest BCUT2D eigenvalue weighted by Crippen LogP contribution is -2.04. The largest absolute Gasteiger partial charge is 0.471 e. The highest BCUT2D eigenvalue weighted by molar-refractivity contribution is 5.77. The second kappa shape index (κ2) is 8.55. The number of ether oxygens (including phenoxy) is 3.